The number of benzene rings is 2. The molecule has 0 fully saturated rings. The van der Waals surface area contributed by atoms with Gasteiger partial charge in [0, 0.05) is 17.8 Å². The molecule has 24 heavy (non-hydrogen) atoms. The van der Waals surface area contributed by atoms with Crippen molar-refractivity contribution in [3.05, 3.63) is 66.2 Å². The number of hydrogen-bond donors (Lipinski definition) is 0. The van der Waals surface area contributed by atoms with E-state index in [2.05, 4.69) is 49.0 Å². The second-order valence-electron chi connectivity index (χ2n) is 6.06. The molecule has 0 amide bonds. The van der Waals surface area contributed by atoms with Gasteiger partial charge in [-0.25, -0.2) is 4.79 Å². The number of hydrogen-bond acceptors (Lipinski definition) is 3. The standard InChI is InChI=1S/C21H23NO2/c1-4-24-21(23)16(3)22-13-12-19-14-18(10-11-20(19)15(22)2)17-8-6-5-7-9-17/h5-11,14,16H,2,4,12-13H2,1,3H3. The molecule has 0 saturated heterocycles. The van der Waals surface area contributed by atoms with Gasteiger partial charge >= 0.3 is 5.97 Å². The van der Waals surface area contributed by atoms with Crippen LogP contribution in [0, 0.1) is 0 Å². The molecule has 0 N–H and O–H groups in total. The van der Waals surface area contributed by atoms with Gasteiger partial charge in [-0.2, -0.15) is 0 Å². The van der Waals surface area contributed by atoms with Crippen LogP contribution in [0.15, 0.2) is 55.1 Å². The van der Waals surface area contributed by atoms with Gasteiger partial charge in [0.15, 0.2) is 0 Å². The summed E-state index contributed by atoms with van der Waals surface area (Å²) in [6.45, 7) is 9.12. The average Bonchev–Trinajstić information content (AvgIpc) is 2.62. The molecule has 124 valence electrons. The minimum Gasteiger partial charge on any atom is -0.464 e. The molecule has 0 aromatic heterocycles. The van der Waals surface area contributed by atoms with Gasteiger partial charge in [-0.3, -0.25) is 0 Å². The van der Waals surface area contributed by atoms with Crippen molar-refractivity contribution in [3.8, 4) is 11.1 Å². The van der Waals surface area contributed by atoms with E-state index in [0.717, 1.165) is 24.2 Å². The highest BCUT2D eigenvalue weighted by molar-refractivity contribution is 5.80. The highest BCUT2D eigenvalue weighted by Gasteiger charge is 2.28. The Balaban J connectivity index is 1.85. The van der Waals surface area contributed by atoms with E-state index < -0.39 is 0 Å². The van der Waals surface area contributed by atoms with Crippen molar-refractivity contribution in [2.24, 2.45) is 0 Å². The number of nitrogens with zero attached hydrogens (tertiary/aromatic N) is 1. The van der Waals surface area contributed by atoms with E-state index in [0.29, 0.717) is 6.61 Å². The van der Waals surface area contributed by atoms with Crippen LogP contribution >= 0.6 is 0 Å². The molecule has 0 bridgehead atoms. The number of rotatable bonds is 4. The topological polar surface area (TPSA) is 29.5 Å². The lowest BCUT2D eigenvalue weighted by molar-refractivity contribution is -0.147. The lowest BCUT2D eigenvalue weighted by Crippen LogP contribution is -2.41. The monoisotopic (exact) mass is 321 g/mol. The maximum Gasteiger partial charge on any atom is 0.328 e. The minimum atomic E-state index is -0.306. The fraction of sp³-hybridized carbons (Fsp3) is 0.286. The number of fused-ring (bicyclic) bond motifs is 1. The fourth-order valence-electron chi connectivity index (χ4n) is 3.24. The van der Waals surface area contributed by atoms with Crippen LogP contribution < -0.4 is 0 Å². The summed E-state index contributed by atoms with van der Waals surface area (Å²) in [5.74, 6) is -0.192. The molecule has 3 rings (SSSR count). The Kier molecular flexibility index (Phi) is 4.70. The number of ether oxygens (including phenoxy) is 1. The smallest absolute Gasteiger partial charge is 0.328 e. The third kappa shape index (κ3) is 3.07. The molecular weight excluding hydrogens is 298 g/mol. The Hall–Kier alpha value is -2.55. The van der Waals surface area contributed by atoms with Gasteiger partial charge in [-0.1, -0.05) is 55.1 Å². The molecule has 1 aliphatic heterocycles. The summed E-state index contributed by atoms with van der Waals surface area (Å²) in [5.41, 5.74) is 5.74. The summed E-state index contributed by atoms with van der Waals surface area (Å²) in [5, 5.41) is 0. The number of esters is 1. The van der Waals surface area contributed by atoms with Gasteiger partial charge in [0.2, 0.25) is 0 Å². The van der Waals surface area contributed by atoms with Crippen LogP contribution in [-0.4, -0.2) is 30.1 Å². The molecule has 1 atom stereocenters. The van der Waals surface area contributed by atoms with Gasteiger partial charge in [-0.05, 0) is 37.0 Å². The molecule has 2 aromatic rings. The van der Waals surface area contributed by atoms with E-state index in [9.17, 15) is 4.79 Å². The Morgan fingerprint density at radius 3 is 2.67 bits per heavy atom. The number of carbonyl (C=O) groups excluding carboxylic acids is 1. The first-order valence-electron chi connectivity index (χ1n) is 8.42. The minimum absolute atomic E-state index is 0.192. The van der Waals surface area contributed by atoms with Crippen molar-refractivity contribution in [2.45, 2.75) is 26.3 Å². The van der Waals surface area contributed by atoms with Crippen molar-refractivity contribution < 1.29 is 9.53 Å². The predicted octanol–water partition coefficient (Wildman–Crippen LogP) is 4.13. The van der Waals surface area contributed by atoms with Crippen molar-refractivity contribution in [1.82, 2.24) is 4.90 Å². The lowest BCUT2D eigenvalue weighted by atomic mass is 9.92. The Labute approximate surface area is 143 Å². The highest BCUT2D eigenvalue weighted by Crippen LogP contribution is 2.32. The molecule has 3 nitrogen and oxygen atoms in total. The molecule has 0 aliphatic carbocycles. The average molecular weight is 321 g/mol. The van der Waals surface area contributed by atoms with E-state index in [1.807, 2.05) is 24.8 Å². The third-order valence-corrected chi connectivity index (χ3v) is 4.59. The van der Waals surface area contributed by atoms with Crippen LogP contribution in [0.4, 0.5) is 0 Å². The van der Waals surface area contributed by atoms with Crippen molar-refractivity contribution in [1.29, 1.82) is 0 Å². The van der Waals surface area contributed by atoms with Gasteiger partial charge in [0.05, 0.1) is 6.61 Å². The first kappa shape index (κ1) is 16.3. The Morgan fingerprint density at radius 2 is 1.96 bits per heavy atom. The second kappa shape index (κ2) is 6.91. The van der Waals surface area contributed by atoms with Crippen molar-refractivity contribution >= 4 is 11.7 Å². The van der Waals surface area contributed by atoms with E-state index in [-0.39, 0.29) is 12.0 Å². The summed E-state index contributed by atoms with van der Waals surface area (Å²) in [4.78, 5) is 14.1. The molecule has 1 aliphatic rings. The summed E-state index contributed by atoms with van der Waals surface area (Å²) in [6, 6.07) is 16.5. The van der Waals surface area contributed by atoms with Crippen LogP contribution in [-0.2, 0) is 16.0 Å². The first-order chi connectivity index (χ1) is 11.6. The van der Waals surface area contributed by atoms with Crippen LogP contribution in [0.1, 0.15) is 25.0 Å². The molecule has 0 radical (unpaired) electrons. The Bertz CT molecular complexity index is 752. The van der Waals surface area contributed by atoms with E-state index >= 15 is 0 Å². The zero-order valence-electron chi connectivity index (χ0n) is 14.3. The van der Waals surface area contributed by atoms with Gasteiger partial charge in [0.1, 0.15) is 6.04 Å². The predicted molar refractivity (Wildman–Crippen MR) is 97.4 cm³/mol. The largest absolute Gasteiger partial charge is 0.464 e. The molecular formula is C21H23NO2. The molecule has 0 spiro atoms. The van der Waals surface area contributed by atoms with Crippen LogP contribution in [0.3, 0.4) is 0 Å². The van der Waals surface area contributed by atoms with E-state index in [1.54, 1.807) is 0 Å². The van der Waals surface area contributed by atoms with Crippen LogP contribution in [0.25, 0.3) is 16.8 Å². The van der Waals surface area contributed by atoms with E-state index in [1.165, 1.54) is 16.7 Å². The van der Waals surface area contributed by atoms with Crippen LogP contribution in [0.2, 0.25) is 0 Å². The van der Waals surface area contributed by atoms with E-state index in [4.69, 9.17) is 4.74 Å². The summed E-state index contributed by atoms with van der Waals surface area (Å²) in [7, 11) is 0. The molecule has 3 heteroatoms. The van der Waals surface area contributed by atoms with Crippen LogP contribution in [0.5, 0.6) is 0 Å². The summed E-state index contributed by atoms with van der Waals surface area (Å²) in [6.07, 6.45) is 0.902. The molecule has 1 unspecified atom stereocenters. The van der Waals surface area contributed by atoms with Crippen molar-refractivity contribution in [2.75, 3.05) is 13.2 Å². The zero-order chi connectivity index (χ0) is 17.1. The molecule has 1 heterocycles. The van der Waals surface area contributed by atoms with Gasteiger partial charge in [0.25, 0.3) is 0 Å². The Morgan fingerprint density at radius 1 is 1.21 bits per heavy atom. The molecule has 2 aromatic carbocycles. The normalized spacial score (nSPS) is 14.9. The summed E-state index contributed by atoms with van der Waals surface area (Å²) < 4.78 is 5.15. The lowest BCUT2D eigenvalue weighted by Gasteiger charge is -2.36. The first-order valence-corrected chi connectivity index (χ1v) is 8.42. The number of carbonyl (C=O) groups is 1. The van der Waals surface area contributed by atoms with Gasteiger partial charge in [-0.15, -0.1) is 0 Å². The molecule has 0 saturated carbocycles. The maximum absolute atomic E-state index is 12.0. The highest BCUT2D eigenvalue weighted by atomic mass is 16.5. The van der Waals surface area contributed by atoms with Gasteiger partial charge < -0.3 is 9.64 Å². The zero-order valence-corrected chi connectivity index (χ0v) is 14.3. The second-order valence-corrected chi connectivity index (χ2v) is 6.06. The maximum atomic E-state index is 12.0. The quantitative estimate of drug-likeness (QED) is 0.793. The third-order valence-electron chi connectivity index (χ3n) is 4.59. The fourth-order valence-corrected chi connectivity index (χ4v) is 3.24. The SMILES string of the molecule is C=C1c2ccc(-c3ccccc3)cc2CCN1C(C)C(=O)OCC. The van der Waals surface area contributed by atoms with Crippen molar-refractivity contribution in [3.63, 3.8) is 0 Å². The summed E-state index contributed by atoms with van der Waals surface area (Å²) >= 11 is 0.